The molecule has 0 bridgehead atoms. The van der Waals surface area contributed by atoms with E-state index in [1.807, 2.05) is 36.5 Å². The summed E-state index contributed by atoms with van der Waals surface area (Å²) in [5.74, 6) is 0.212. The van der Waals surface area contributed by atoms with Gasteiger partial charge in [0.15, 0.2) is 0 Å². The number of likely N-dealkylation sites (tertiary alicyclic amines) is 2. The molecule has 0 radical (unpaired) electrons. The lowest BCUT2D eigenvalue weighted by molar-refractivity contribution is -0.130. The van der Waals surface area contributed by atoms with Crippen LogP contribution in [0.1, 0.15) is 38.3 Å². The highest BCUT2D eigenvalue weighted by Crippen LogP contribution is 2.30. The molecule has 0 unspecified atom stereocenters. The second-order valence-electron chi connectivity index (χ2n) is 7.06. The van der Waals surface area contributed by atoms with Crippen LogP contribution in [0.2, 0.25) is 0 Å². The zero-order chi connectivity index (χ0) is 17.2. The van der Waals surface area contributed by atoms with Gasteiger partial charge in [-0.2, -0.15) is 15.0 Å². The summed E-state index contributed by atoms with van der Waals surface area (Å²) >= 11 is 0. The minimum Gasteiger partial charge on any atom is -0.338 e. The smallest absolute Gasteiger partial charge is 0.219 e. The molecule has 132 valence electrons. The molecule has 1 aromatic carbocycles. The van der Waals surface area contributed by atoms with E-state index in [9.17, 15) is 4.79 Å². The van der Waals surface area contributed by atoms with Gasteiger partial charge in [-0.3, -0.25) is 9.69 Å². The molecule has 1 amide bonds. The van der Waals surface area contributed by atoms with Crippen molar-refractivity contribution in [2.45, 2.75) is 51.2 Å². The average Bonchev–Trinajstić information content (AvgIpc) is 3.36. The summed E-state index contributed by atoms with van der Waals surface area (Å²) in [5, 5.41) is 9.05. The number of benzene rings is 1. The predicted molar refractivity (Wildman–Crippen MR) is 95.2 cm³/mol. The Morgan fingerprint density at radius 3 is 2.68 bits per heavy atom. The van der Waals surface area contributed by atoms with E-state index >= 15 is 0 Å². The van der Waals surface area contributed by atoms with Crippen molar-refractivity contribution in [1.82, 2.24) is 24.8 Å². The Bertz CT molecular complexity index is 728. The molecule has 1 aromatic heterocycles. The van der Waals surface area contributed by atoms with Crippen molar-refractivity contribution in [3.8, 4) is 5.69 Å². The zero-order valence-electron chi connectivity index (χ0n) is 14.7. The summed E-state index contributed by atoms with van der Waals surface area (Å²) in [7, 11) is 0. The molecule has 2 saturated heterocycles. The second-order valence-corrected chi connectivity index (χ2v) is 7.06. The number of para-hydroxylation sites is 1. The van der Waals surface area contributed by atoms with E-state index in [0.29, 0.717) is 12.1 Å². The third kappa shape index (κ3) is 3.31. The van der Waals surface area contributed by atoms with Gasteiger partial charge < -0.3 is 4.90 Å². The Labute approximate surface area is 148 Å². The first-order valence-electron chi connectivity index (χ1n) is 9.20. The number of aromatic nitrogens is 3. The van der Waals surface area contributed by atoms with Gasteiger partial charge in [0.25, 0.3) is 0 Å². The predicted octanol–water partition coefficient (Wildman–Crippen LogP) is 2.24. The standard InChI is InChI=1S/C19H25N5O/c1-15(25)23-12-6-10-19(23)18-9-5-11-22(18)14-16-13-20-24(21-16)17-7-3-2-4-8-17/h2-4,7-8,13,18-19H,5-6,9-12,14H2,1H3/t18-,19+/m1/s1. The van der Waals surface area contributed by atoms with Crippen LogP contribution in [0.3, 0.4) is 0 Å². The number of carbonyl (C=O) groups is 1. The van der Waals surface area contributed by atoms with Gasteiger partial charge in [0, 0.05) is 32.1 Å². The van der Waals surface area contributed by atoms with Crippen LogP contribution in [0.5, 0.6) is 0 Å². The SMILES string of the molecule is CC(=O)N1CCC[C@H]1[C@H]1CCCN1Cc1cnn(-c2ccccc2)n1. The normalized spacial score (nSPS) is 24.1. The molecule has 2 atom stereocenters. The number of rotatable bonds is 4. The molecule has 4 rings (SSSR count). The van der Waals surface area contributed by atoms with E-state index in [0.717, 1.165) is 43.9 Å². The Morgan fingerprint density at radius 2 is 1.88 bits per heavy atom. The molecule has 0 saturated carbocycles. The first kappa shape index (κ1) is 16.3. The summed E-state index contributed by atoms with van der Waals surface area (Å²) in [4.78, 5) is 18.2. The minimum absolute atomic E-state index is 0.212. The van der Waals surface area contributed by atoms with E-state index < -0.39 is 0 Å². The van der Waals surface area contributed by atoms with Gasteiger partial charge in [-0.15, -0.1) is 0 Å². The summed E-state index contributed by atoms with van der Waals surface area (Å²) in [6.45, 7) is 4.49. The maximum Gasteiger partial charge on any atom is 0.219 e. The quantitative estimate of drug-likeness (QED) is 0.857. The molecule has 0 aliphatic carbocycles. The zero-order valence-corrected chi connectivity index (χ0v) is 14.7. The third-order valence-corrected chi connectivity index (χ3v) is 5.45. The van der Waals surface area contributed by atoms with Gasteiger partial charge in [-0.1, -0.05) is 18.2 Å². The van der Waals surface area contributed by atoms with Gasteiger partial charge in [-0.05, 0) is 44.4 Å². The molecule has 0 N–H and O–H groups in total. The monoisotopic (exact) mass is 339 g/mol. The first-order chi connectivity index (χ1) is 12.2. The Kier molecular flexibility index (Phi) is 4.53. The fourth-order valence-electron chi connectivity index (χ4n) is 4.33. The highest BCUT2D eigenvalue weighted by molar-refractivity contribution is 5.74. The molecule has 2 aliphatic heterocycles. The van der Waals surface area contributed by atoms with Crippen molar-refractivity contribution < 1.29 is 4.79 Å². The Balaban J connectivity index is 1.47. The lowest BCUT2D eigenvalue weighted by Gasteiger charge is -2.34. The third-order valence-electron chi connectivity index (χ3n) is 5.45. The Morgan fingerprint density at radius 1 is 1.12 bits per heavy atom. The fraction of sp³-hybridized carbons (Fsp3) is 0.526. The Hall–Kier alpha value is -2.21. The van der Waals surface area contributed by atoms with Gasteiger partial charge in [0.1, 0.15) is 0 Å². The molecule has 2 fully saturated rings. The lowest BCUT2D eigenvalue weighted by Crippen LogP contribution is -2.47. The number of hydrogen-bond acceptors (Lipinski definition) is 4. The van der Waals surface area contributed by atoms with Gasteiger partial charge in [-0.25, -0.2) is 0 Å². The second kappa shape index (κ2) is 6.96. The largest absolute Gasteiger partial charge is 0.338 e. The van der Waals surface area contributed by atoms with Gasteiger partial charge in [0.2, 0.25) is 5.91 Å². The maximum atomic E-state index is 11.9. The van der Waals surface area contributed by atoms with Crippen LogP contribution in [0.4, 0.5) is 0 Å². The van der Waals surface area contributed by atoms with Crippen LogP contribution in [-0.4, -0.2) is 55.9 Å². The van der Waals surface area contributed by atoms with Gasteiger partial charge in [0.05, 0.1) is 17.6 Å². The molecular weight excluding hydrogens is 314 g/mol. The summed E-state index contributed by atoms with van der Waals surface area (Å²) in [6.07, 6.45) is 6.47. The first-order valence-corrected chi connectivity index (χ1v) is 9.20. The topological polar surface area (TPSA) is 54.3 Å². The van der Waals surface area contributed by atoms with Crippen LogP contribution in [0, 0.1) is 0 Å². The fourth-order valence-corrected chi connectivity index (χ4v) is 4.33. The van der Waals surface area contributed by atoms with E-state index in [-0.39, 0.29) is 5.91 Å². The summed E-state index contributed by atoms with van der Waals surface area (Å²) < 4.78 is 0. The number of carbonyl (C=O) groups excluding carboxylic acids is 1. The molecular formula is C19H25N5O. The van der Waals surface area contributed by atoms with Crippen molar-refractivity contribution in [2.24, 2.45) is 0 Å². The number of nitrogens with zero attached hydrogens (tertiary/aromatic N) is 5. The molecule has 0 spiro atoms. The molecule has 6 heteroatoms. The van der Waals surface area contributed by atoms with Crippen molar-refractivity contribution in [1.29, 1.82) is 0 Å². The molecule has 2 aliphatic rings. The number of hydrogen-bond donors (Lipinski definition) is 0. The van der Waals surface area contributed by atoms with Crippen LogP contribution < -0.4 is 0 Å². The molecule has 6 nitrogen and oxygen atoms in total. The highest BCUT2D eigenvalue weighted by atomic mass is 16.2. The van der Waals surface area contributed by atoms with Crippen molar-refractivity contribution in [3.05, 3.63) is 42.2 Å². The molecule has 2 aromatic rings. The van der Waals surface area contributed by atoms with Crippen LogP contribution >= 0.6 is 0 Å². The highest BCUT2D eigenvalue weighted by Gasteiger charge is 2.38. The minimum atomic E-state index is 0.212. The van der Waals surface area contributed by atoms with Crippen molar-refractivity contribution in [2.75, 3.05) is 13.1 Å². The van der Waals surface area contributed by atoms with E-state index in [2.05, 4.69) is 20.0 Å². The van der Waals surface area contributed by atoms with Crippen LogP contribution in [-0.2, 0) is 11.3 Å². The summed E-state index contributed by atoms with van der Waals surface area (Å²) in [6, 6.07) is 10.8. The van der Waals surface area contributed by atoms with E-state index in [1.54, 1.807) is 11.7 Å². The molecule has 3 heterocycles. The number of amides is 1. The molecule has 25 heavy (non-hydrogen) atoms. The van der Waals surface area contributed by atoms with Crippen molar-refractivity contribution in [3.63, 3.8) is 0 Å². The average molecular weight is 339 g/mol. The van der Waals surface area contributed by atoms with E-state index in [4.69, 9.17) is 0 Å². The van der Waals surface area contributed by atoms with E-state index in [1.165, 1.54) is 12.8 Å². The van der Waals surface area contributed by atoms with Gasteiger partial charge >= 0.3 is 0 Å². The van der Waals surface area contributed by atoms with Crippen molar-refractivity contribution >= 4 is 5.91 Å². The maximum absolute atomic E-state index is 11.9. The van der Waals surface area contributed by atoms with Crippen LogP contribution in [0.25, 0.3) is 5.69 Å². The van der Waals surface area contributed by atoms with Crippen LogP contribution in [0.15, 0.2) is 36.5 Å². The summed E-state index contributed by atoms with van der Waals surface area (Å²) in [5.41, 5.74) is 1.97. The lowest BCUT2D eigenvalue weighted by atomic mass is 10.0.